The molecule has 29 heavy (non-hydrogen) atoms. The summed E-state index contributed by atoms with van der Waals surface area (Å²) in [6.07, 6.45) is 2.97. The van der Waals surface area contributed by atoms with Crippen molar-refractivity contribution < 1.29 is 9.53 Å². The Morgan fingerprint density at radius 2 is 2.00 bits per heavy atom. The van der Waals surface area contributed by atoms with Crippen molar-refractivity contribution in [3.8, 4) is 11.8 Å². The number of amides is 1. The summed E-state index contributed by atoms with van der Waals surface area (Å²) in [6, 6.07) is 10.1. The maximum Gasteiger partial charge on any atom is 0.262 e. The fourth-order valence-corrected chi connectivity index (χ4v) is 5.09. The fraction of sp³-hybridized carbons (Fsp3) is 0.500. The highest BCUT2D eigenvalue weighted by Gasteiger charge is 2.32. The third-order valence-corrected chi connectivity index (χ3v) is 6.94. The maximum absolute atomic E-state index is 12.4. The van der Waals surface area contributed by atoms with Gasteiger partial charge in [0.2, 0.25) is 0 Å². The van der Waals surface area contributed by atoms with Gasteiger partial charge in [-0.05, 0) is 59.8 Å². The van der Waals surface area contributed by atoms with Gasteiger partial charge in [-0.25, -0.2) is 0 Å². The van der Waals surface area contributed by atoms with Crippen LogP contribution in [0.4, 0.5) is 5.00 Å². The standard InChI is InChI=1S/C24H30N2O2S/c1-15(2)16-6-9-18(10-7-16)28-14-22(27)26-23-20(13-25)19-11-8-17(24(3,4)5)12-21(19)29-23/h6-7,9-10,15,17H,8,11-12,14H2,1-5H3,(H,26,27). The van der Waals surface area contributed by atoms with Gasteiger partial charge in [0, 0.05) is 4.88 Å². The SMILES string of the molecule is CC(C)c1ccc(OCC(=O)Nc2sc3c(c2C#N)CCC(C(C)(C)C)C3)cc1. The number of nitrogens with one attached hydrogen (secondary N) is 1. The van der Waals surface area contributed by atoms with E-state index in [1.807, 2.05) is 24.3 Å². The first-order valence-electron chi connectivity index (χ1n) is 10.3. The van der Waals surface area contributed by atoms with E-state index in [2.05, 4.69) is 46.0 Å². The highest BCUT2D eigenvalue weighted by atomic mass is 32.1. The van der Waals surface area contributed by atoms with Crippen LogP contribution in [0.5, 0.6) is 5.75 Å². The Kier molecular flexibility index (Phi) is 6.33. The van der Waals surface area contributed by atoms with Crippen molar-refractivity contribution in [2.75, 3.05) is 11.9 Å². The van der Waals surface area contributed by atoms with Crippen LogP contribution >= 0.6 is 11.3 Å². The van der Waals surface area contributed by atoms with E-state index >= 15 is 0 Å². The second-order valence-corrected chi connectivity index (χ2v) is 10.3. The van der Waals surface area contributed by atoms with Crippen molar-refractivity contribution in [2.24, 2.45) is 11.3 Å². The Bertz CT molecular complexity index is 914. The lowest BCUT2D eigenvalue weighted by Crippen LogP contribution is -2.26. The van der Waals surface area contributed by atoms with E-state index in [4.69, 9.17) is 4.74 Å². The molecule has 1 aliphatic rings. The summed E-state index contributed by atoms with van der Waals surface area (Å²) in [7, 11) is 0. The van der Waals surface area contributed by atoms with Crippen LogP contribution in [0.25, 0.3) is 0 Å². The van der Waals surface area contributed by atoms with E-state index in [0.717, 1.165) is 24.8 Å². The molecule has 2 aromatic rings. The number of hydrogen-bond acceptors (Lipinski definition) is 4. The van der Waals surface area contributed by atoms with Gasteiger partial charge in [0.25, 0.3) is 5.91 Å². The van der Waals surface area contributed by atoms with Gasteiger partial charge in [-0.2, -0.15) is 5.26 Å². The zero-order chi connectivity index (χ0) is 21.2. The molecule has 3 rings (SSSR count). The van der Waals surface area contributed by atoms with Crippen molar-refractivity contribution in [3.05, 3.63) is 45.8 Å². The molecule has 1 aromatic heterocycles. The monoisotopic (exact) mass is 410 g/mol. The Morgan fingerprint density at radius 1 is 1.31 bits per heavy atom. The minimum Gasteiger partial charge on any atom is -0.484 e. The molecule has 0 aliphatic heterocycles. The van der Waals surface area contributed by atoms with Crippen LogP contribution < -0.4 is 10.1 Å². The van der Waals surface area contributed by atoms with Gasteiger partial charge in [-0.15, -0.1) is 11.3 Å². The number of nitriles is 1. The zero-order valence-corrected chi connectivity index (χ0v) is 18.8. The smallest absolute Gasteiger partial charge is 0.262 e. The van der Waals surface area contributed by atoms with Crippen LogP contribution in [0, 0.1) is 22.7 Å². The van der Waals surface area contributed by atoms with Crippen molar-refractivity contribution in [1.82, 2.24) is 0 Å². The van der Waals surface area contributed by atoms with Crippen molar-refractivity contribution >= 4 is 22.2 Å². The molecule has 5 heteroatoms. The Hall–Kier alpha value is -2.32. The maximum atomic E-state index is 12.4. The average molecular weight is 411 g/mol. The number of carbonyl (C=O) groups excluding carboxylic acids is 1. The molecule has 1 unspecified atom stereocenters. The Labute approximate surface area is 177 Å². The predicted octanol–water partition coefficient (Wildman–Crippen LogP) is 5.91. The number of rotatable bonds is 5. The van der Waals surface area contributed by atoms with E-state index in [0.29, 0.717) is 28.1 Å². The first-order chi connectivity index (χ1) is 13.7. The molecule has 0 bridgehead atoms. The molecule has 0 spiro atoms. The van der Waals surface area contributed by atoms with Gasteiger partial charge < -0.3 is 10.1 Å². The number of benzene rings is 1. The highest BCUT2D eigenvalue weighted by Crippen LogP contribution is 2.43. The molecule has 1 atom stereocenters. The summed E-state index contributed by atoms with van der Waals surface area (Å²) >= 11 is 1.55. The zero-order valence-electron chi connectivity index (χ0n) is 18.0. The molecule has 0 saturated heterocycles. The van der Waals surface area contributed by atoms with Gasteiger partial charge in [0.1, 0.15) is 16.8 Å². The fourth-order valence-electron chi connectivity index (χ4n) is 3.79. The van der Waals surface area contributed by atoms with E-state index < -0.39 is 0 Å². The van der Waals surface area contributed by atoms with Crippen LogP contribution in [0.3, 0.4) is 0 Å². The van der Waals surface area contributed by atoms with E-state index in [1.165, 1.54) is 10.4 Å². The molecule has 1 heterocycles. The molecule has 0 saturated carbocycles. The lowest BCUT2D eigenvalue weighted by Gasteiger charge is -2.33. The number of thiophene rings is 1. The molecule has 1 aromatic carbocycles. The summed E-state index contributed by atoms with van der Waals surface area (Å²) in [4.78, 5) is 13.7. The quantitative estimate of drug-likeness (QED) is 0.666. The highest BCUT2D eigenvalue weighted by molar-refractivity contribution is 7.16. The van der Waals surface area contributed by atoms with Crippen LogP contribution in [-0.4, -0.2) is 12.5 Å². The third kappa shape index (κ3) is 5.00. The van der Waals surface area contributed by atoms with Crippen molar-refractivity contribution in [2.45, 2.75) is 59.8 Å². The molecule has 1 aliphatic carbocycles. The molecular formula is C24H30N2O2S. The van der Waals surface area contributed by atoms with Gasteiger partial charge in [0.05, 0.1) is 5.56 Å². The minimum atomic E-state index is -0.236. The third-order valence-electron chi connectivity index (χ3n) is 5.77. The van der Waals surface area contributed by atoms with Crippen molar-refractivity contribution in [3.63, 3.8) is 0 Å². The first kappa shape index (κ1) is 21.4. The van der Waals surface area contributed by atoms with Gasteiger partial charge in [0.15, 0.2) is 6.61 Å². The molecule has 4 nitrogen and oxygen atoms in total. The van der Waals surface area contributed by atoms with Crippen molar-refractivity contribution in [1.29, 1.82) is 5.26 Å². The number of fused-ring (bicyclic) bond motifs is 1. The summed E-state index contributed by atoms with van der Waals surface area (Å²) in [5.41, 5.74) is 3.24. The van der Waals surface area contributed by atoms with E-state index in [-0.39, 0.29) is 17.9 Å². The normalized spacial score (nSPS) is 16.2. The van der Waals surface area contributed by atoms with Gasteiger partial charge in [-0.1, -0.05) is 46.8 Å². The molecule has 154 valence electrons. The second-order valence-electron chi connectivity index (χ2n) is 9.19. The van der Waals surface area contributed by atoms with E-state index in [1.54, 1.807) is 11.3 Å². The number of nitrogens with zero attached hydrogens (tertiary/aromatic N) is 1. The second kappa shape index (κ2) is 8.59. The topological polar surface area (TPSA) is 62.1 Å². The predicted molar refractivity (Wildman–Crippen MR) is 119 cm³/mol. The molecule has 1 N–H and O–H groups in total. The Morgan fingerprint density at radius 3 is 2.59 bits per heavy atom. The molecule has 0 fully saturated rings. The number of ether oxygens (including phenoxy) is 1. The molecule has 0 radical (unpaired) electrons. The largest absolute Gasteiger partial charge is 0.484 e. The average Bonchev–Trinajstić information content (AvgIpc) is 3.02. The number of carbonyl (C=O) groups is 1. The number of anilines is 1. The first-order valence-corrected chi connectivity index (χ1v) is 11.1. The van der Waals surface area contributed by atoms with Gasteiger partial charge >= 0.3 is 0 Å². The summed E-state index contributed by atoms with van der Waals surface area (Å²) in [5, 5.41) is 13.2. The van der Waals surface area contributed by atoms with Crippen LogP contribution in [0.1, 0.15) is 68.5 Å². The van der Waals surface area contributed by atoms with Crippen LogP contribution in [0.2, 0.25) is 0 Å². The lowest BCUT2D eigenvalue weighted by atomic mass is 9.72. The summed E-state index contributed by atoms with van der Waals surface area (Å²) in [5.74, 6) is 1.49. The van der Waals surface area contributed by atoms with Gasteiger partial charge in [-0.3, -0.25) is 4.79 Å². The lowest BCUT2D eigenvalue weighted by molar-refractivity contribution is -0.118. The number of hydrogen-bond donors (Lipinski definition) is 1. The minimum absolute atomic E-state index is 0.0704. The molecular weight excluding hydrogens is 380 g/mol. The molecule has 1 amide bonds. The van der Waals surface area contributed by atoms with Crippen LogP contribution in [-0.2, 0) is 17.6 Å². The summed E-state index contributed by atoms with van der Waals surface area (Å²) in [6.45, 7) is 11.0. The van der Waals surface area contributed by atoms with E-state index in [9.17, 15) is 10.1 Å². The Balaban J connectivity index is 1.65. The summed E-state index contributed by atoms with van der Waals surface area (Å²) < 4.78 is 5.62. The van der Waals surface area contributed by atoms with Crippen LogP contribution in [0.15, 0.2) is 24.3 Å².